The number of hydrogen-bond acceptors (Lipinski definition) is 2. The Bertz CT molecular complexity index is 607. The Balaban J connectivity index is 2.03. The van der Waals surface area contributed by atoms with Gasteiger partial charge >= 0.3 is 5.97 Å². The van der Waals surface area contributed by atoms with E-state index in [2.05, 4.69) is 49.1 Å². The molecule has 0 bridgehead atoms. The minimum Gasteiger partial charge on any atom is -0.478 e. The van der Waals surface area contributed by atoms with Gasteiger partial charge in [-0.25, -0.2) is 4.79 Å². The number of benzene rings is 2. The zero-order valence-corrected chi connectivity index (χ0v) is 13.9. The van der Waals surface area contributed by atoms with Crippen molar-refractivity contribution < 1.29 is 9.90 Å². The Labute approximate surface area is 138 Å². The Hall–Kier alpha value is -2.13. The maximum absolute atomic E-state index is 10.9. The number of hydrogen-bond donors (Lipinski definition) is 1. The normalized spacial score (nSPS) is 12.3. The molecule has 0 aromatic heterocycles. The molecule has 2 rings (SSSR count). The maximum Gasteiger partial charge on any atom is 0.335 e. The van der Waals surface area contributed by atoms with Gasteiger partial charge in [0.25, 0.3) is 0 Å². The third kappa shape index (κ3) is 4.93. The molecular weight excluding hydrogens is 286 g/mol. The standard InChI is InChI=1S/C20H25NO2/c1-3-17(18-8-6-5-7-9-18)15-21(4-2)14-16-10-12-19(13-11-16)20(22)23/h5-13,17H,3-4,14-15H2,1-2H3,(H,22,23). The van der Waals surface area contributed by atoms with Crippen molar-refractivity contribution in [1.29, 1.82) is 0 Å². The summed E-state index contributed by atoms with van der Waals surface area (Å²) in [5, 5.41) is 8.97. The molecule has 2 aromatic rings. The highest BCUT2D eigenvalue weighted by Crippen LogP contribution is 2.21. The van der Waals surface area contributed by atoms with Gasteiger partial charge in [-0.15, -0.1) is 0 Å². The molecule has 0 radical (unpaired) electrons. The average molecular weight is 311 g/mol. The van der Waals surface area contributed by atoms with E-state index in [1.165, 1.54) is 5.56 Å². The summed E-state index contributed by atoms with van der Waals surface area (Å²) in [4.78, 5) is 13.3. The van der Waals surface area contributed by atoms with Crippen LogP contribution in [0.3, 0.4) is 0 Å². The second kappa shape index (κ2) is 8.49. The molecule has 1 N–H and O–H groups in total. The quantitative estimate of drug-likeness (QED) is 0.785. The number of carboxylic acids is 1. The second-order valence-corrected chi connectivity index (χ2v) is 5.85. The monoisotopic (exact) mass is 311 g/mol. The molecule has 0 fully saturated rings. The molecule has 0 spiro atoms. The van der Waals surface area contributed by atoms with Crippen molar-refractivity contribution in [2.24, 2.45) is 0 Å². The molecule has 0 amide bonds. The molecule has 23 heavy (non-hydrogen) atoms. The van der Waals surface area contributed by atoms with Crippen LogP contribution >= 0.6 is 0 Å². The molecule has 0 saturated carbocycles. The summed E-state index contributed by atoms with van der Waals surface area (Å²) < 4.78 is 0. The molecule has 3 heteroatoms. The lowest BCUT2D eigenvalue weighted by atomic mass is 9.95. The molecule has 3 nitrogen and oxygen atoms in total. The fraction of sp³-hybridized carbons (Fsp3) is 0.350. The summed E-state index contributed by atoms with van der Waals surface area (Å²) in [5.41, 5.74) is 2.88. The Morgan fingerprint density at radius 1 is 1.04 bits per heavy atom. The van der Waals surface area contributed by atoms with Gasteiger partial charge in [-0.2, -0.15) is 0 Å². The predicted molar refractivity (Wildman–Crippen MR) is 93.8 cm³/mol. The molecule has 1 unspecified atom stereocenters. The van der Waals surface area contributed by atoms with Crippen LogP contribution in [0.4, 0.5) is 0 Å². The van der Waals surface area contributed by atoms with Gasteiger partial charge in [0.2, 0.25) is 0 Å². The van der Waals surface area contributed by atoms with Gasteiger partial charge in [-0.1, -0.05) is 56.3 Å². The summed E-state index contributed by atoms with van der Waals surface area (Å²) in [6.45, 7) is 7.23. The zero-order chi connectivity index (χ0) is 16.7. The highest BCUT2D eigenvalue weighted by molar-refractivity contribution is 5.87. The van der Waals surface area contributed by atoms with Crippen LogP contribution in [0.25, 0.3) is 0 Å². The molecule has 2 aromatic carbocycles. The van der Waals surface area contributed by atoms with Gasteiger partial charge in [0.1, 0.15) is 0 Å². The van der Waals surface area contributed by atoms with Crippen molar-refractivity contribution in [2.45, 2.75) is 32.7 Å². The van der Waals surface area contributed by atoms with Crippen molar-refractivity contribution in [3.05, 3.63) is 71.3 Å². The van der Waals surface area contributed by atoms with Gasteiger partial charge in [0.15, 0.2) is 0 Å². The number of aromatic carboxylic acids is 1. The first-order chi connectivity index (χ1) is 11.1. The molecular formula is C20H25NO2. The molecule has 0 aliphatic rings. The van der Waals surface area contributed by atoms with Gasteiger partial charge < -0.3 is 5.11 Å². The van der Waals surface area contributed by atoms with Gasteiger partial charge in [-0.05, 0) is 42.1 Å². The first-order valence-electron chi connectivity index (χ1n) is 8.23. The molecule has 0 heterocycles. The van der Waals surface area contributed by atoms with E-state index in [9.17, 15) is 4.79 Å². The summed E-state index contributed by atoms with van der Waals surface area (Å²) in [6, 6.07) is 17.8. The van der Waals surface area contributed by atoms with Crippen LogP contribution in [-0.4, -0.2) is 29.1 Å². The van der Waals surface area contributed by atoms with Crippen molar-refractivity contribution in [1.82, 2.24) is 4.90 Å². The summed E-state index contributed by atoms with van der Waals surface area (Å²) in [5.74, 6) is -0.353. The Morgan fingerprint density at radius 2 is 1.70 bits per heavy atom. The summed E-state index contributed by atoms with van der Waals surface area (Å²) >= 11 is 0. The van der Waals surface area contributed by atoms with Crippen LogP contribution in [0.15, 0.2) is 54.6 Å². The third-order valence-electron chi connectivity index (χ3n) is 4.30. The topological polar surface area (TPSA) is 40.5 Å². The number of carbonyl (C=O) groups is 1. The van der Waals surface area contributed by atoms with E-state index < -0.39 is 5.97 Å². The van der Waals surface area contributed by atoms with Crippen LogP contribution < -0.4 is 0 Å². The summed E-state index contributed by atoms with van der Waals surface area (Å²) in [7, 11) is 0. The first-order valence-corrected chi connectivity index (χ1v) is 8.23. The lowest BCUT2D eigenvalue weighted by Crippen LogP contribution is -2.28. The van der Waals surface area contributed by atoms with Gasteiger partial charge in [0, 0.05) is 13.1 Å². The van der Waals surface area contributed by atoms with Crippen LogP contribution in [0, 0.1) is 0 Å². The SMILES string of the molecule is CCC(CN(CC)Cc1ccc(C(=O)O)cc1)c1ccccc1. The number of rotatable bonds is 8. The average Bonchev–Trinajstić information content (AvgIpc) is 2.59. The fourth-order valence-electron chi connectivity index (χ4n) is 2.82. The van der Waals surface area contributed by atoms with Crippen LogP contribution in [-0.2, 0) is 6.54 Å². The van der Waals surface area contributed by atoms with E-state index in [0.29, 0.717) is 11.5 Å². The predicted octanol–water partition coefficient (Wildman–Crippen LogP) is 4.40. The summed E-state index contributed by atoms with van der Waals surface area (Å²) in [6.07, 6.45) is 1.11. The van der Waals surface area contributed by atoms with Crippen molar-refractivity contribution >= 4 is 5.97 Å². The smallest absolute Gasteiger partial charge is 0.335 e. The number of nitrogens with zero attached hydrogens (tertiary/aromatic N) is 1. The Kier molecular flexibility index (Phi) is 6.36. The van der Waals surface area contributed by atoms with Crippen molar-refractivity contribution in [3.8, 4) is 0 Å². The van der Waals surface area contributed by atoms with Crippen molar-refractivity contribution in [2.75, 3.05) is 13.1 Å². The highest BCUT2D eigenvalue weighted by Gasteiger charge is 2.14. The number of likely N-dealkylation sites (N-methyl/N-ethyl adjacent to an activating group) is 1. The maximum atomic E-state index is 10.9. The molecule has 122 valence electrons. The molecule has 0 aliphatic carbocycles. The highest BCUT2D eigenvalue weighted by atomic mass is 16.4. The van der Waals surface area contributed by atoms with E-state index >= 15 is 0 Å². The molecule has 0 aliphatic heterocycles. The van der Waals surface area contributed by atoms with E-state index in [4.69, 9.17) is 5.11 Å². The van der Waals surface area contributed by atoms with E-state index in [-0.39, 0.29) is 0 Å². The lowest BCUT2D eigenvalue weighted by molar-refractivity contribution is 0.0697. The zero-order valence-electron chi connectivity index (χ0n) is 13.9. The van der Waals surface area contributed by atoms with E-state index in [1.54, 1.807) is 12.1 Å². The van der Waals surface area contributed by atoms with E-state index in [1.807, 2.05) is 12.1 Å². The Morgan fingerprint density at radius 3 is 2.22 bits per heavy atom. The third-order valence-corrected chi connectivity index (χ3v) is 4.30. The molecule has 1 atom stereocenters. The van der Waals surface area contributed by atoms with Gasteiger partial charge in [0.05, 0.1) is 5.56 Å². The van der Waals surface area contributed by atoms with Crippen LogP contribution in [0.5, 0.6) is 0 Å². The largest absolute Gasteiger partial charge is 0.478 e. The minimum absolute atomic E-state index is 0.340. The second-order valence-electron chi connectivity index (χ2n) is 5.85. The minimum atomic E-state index is -0.876. The van der Waals surface area contributed by atoms with Crippen LogP contribution in [0.1, 0.15) is 47.7 Å². The van der Waals surface area contributed by atoms with E-state index in [0.717, 1.165) is 31.6 Å². The van der Waals surface area contributed by atoms with Crippen LogP contribution in [0.2, 0.25) is 0 Å². The molecule has 0 saturated heterocycles. The number of carboxylic acid groups (broad SMARTS) is 1. The fourth-order valence-corrected chi connectivity index (χ4v) is 2.82. The first kappa shape index (κ1) is 17.2. The lowest BCUT2D eigenvalue weighted by Gasteiger charge is -2.26. The van der Waals surface area contributed by atoms with Crippen molar-refractivity contribution in [3.63, 3.8) is 0 Å². The van der Waals surface area contributed by atoms with Gasteiger partial charge in [-0.3, -0.25) is 4.90 Å².